The zero-order chi connectivity index (χ0) is 16.9. The van der Waals surface area contributed by atoms with Gasteiger partial charge in [0, 0.05) is 6.54 Å². The highest BCUT2D eigenvalue weighted by Gasteiger charge is 2.38. The molecule has 2 N–H and O–H groups in total. The second-order valence-corrected chi connectivity index (χ2v) is 6.34. The van der Waals surface area contributed by atoms with Gasteiger partial charge in [0.25, 0.3) is 0 Å². The zero-order valence-electron chi connectivity index (χ0n) is 13.8. The summed E-state index contributed by atoms with van der Waals surface area (Å²) in [4.78, 5) is 37.1. The van der Waals surface area contributed by atoms with Crippen molar-refractivity contribution < 1.29 is 23.9 Å². The van der Waals surface area contributed by atoms with Crippen molar-refractivity contribution in [2.75, 3.05) is 13.2 Å². The van der Waals surface area contributed by atoms with Crippen molar-refractivity contribution in [3.8, 4) is 0 Å². The molecule has 7 heteroatoms. The number of esters is 2. The van der Waals surface area contributed by atoms with Crippen molar-refractivity contribution in [1.82, 2.24) is 4.90 Å². The number of amides is 1. The van der Waals surface area contributed by atoms with Crippen molar-refractivity contribution in [1.29, 1.82) is 0 Å². The smallest absolute Gasteiger partial charge is 0.315 e. The topological polar surface area (TPSA) is 98.9 Å². The molecule has 1 saturated heterocycles. The van der Waals surface area contributed by atoms with E-state index >= 15 is 0 Å². The number of carbonyl (C=O) groups is 3. The van der Waals surface area contributed by atoms with Gasteiger partial charge < -0.3 is 20.1 Å². The zero-order valence-corrected chi connectivity index (χ0v) is 13.8. The van der Waals surface area contributed by atoms with Crippen LogP contribution in [-0.4, -0.2) is 47.7 Å². The molecule has 1 rings (SSSR count). The SMILES string of the molecule is CCOC(=O)CC(=O)N1CCCC(C(=O)OC(C)(C)C)[C@@H]1N. The lowest BCUT2D eigenvalue weighted by molar-refractivity contribution is -0.165. The number of carbonyl (C=O) groups excluding carboxylic acids is 3. The number of piperidine rings is 1. The Morgan fingerprint density at radius 3 is 2.45 bits per heavy atom. The predicted molar refractivity (Wildman–Crippen MR) is 79.5 cm³/mol. The summed E-state index contributed by atoms with van der Waals surface area (Å²) >= 11 is 0. The molecule has 1 aliphatic rings. The van der Waals surface area contributed by atoms with Crippen LogP contribution in [0.5, 0.6) is 0 Å². The molecule has 7 nitrogen and oxygen atoms in total. The minimum atomic E-state index is -0.773. The third-order valence-electron chi connectivity index (χ3n) is 3.32. The van der Waals surface area contributed by atoms with Gasteiger partial charge in [-0.05, 0) is 40.5 Å². The molecule has 0 aromatic carbocycles. The van der Waals surface area contributed by atoms with Crippen LogP contribution in [0, 0.1) is 5.92 Å². The first-order chi connectivity index (χ1) is 10.2. The fourth-order valence-electron chi connectivity index (χ4n) is 2.38. The van der Waals surface area contributed by atoms with Gasteiger partial charge in [-0.15, -0.1) is 0 Å². The van der Waals surface area contributed by atoms with Crippen LogP contribution >= 0.6 is 0 Å². The first-order valence-corrected chi connectivity index (χ1v) is 7.59. The van der Waals surface area contributed by atoms with Gasteiger partial charge in [0.1, 0.15) is 12.0 Å². The van der Waals surface area contributed by atoms with E-state index in [1.54, 1.807) is 27.7 Å². The molecule has 0 saturated carbocycles. The second-order valence-electron chi connectivity index (χ2n) is 6.34. The van der Waals surface area contributed by atoms with E-state index in [2.05, 4.69) is 0 Å². The molecule has 1 unspecified atom stereocenters. The van der Waals surface area contributed by atoms with Gasteiger partial charge in [-0.3, -0.25) is 14.4 Å². The van der Waals surface area contributed by atoms with Gasteiger partial charge in [-0.2, -0.15) is 0 Å². The molecule has 1 aliphatic heterocycles. The van der Waals surface area contributed by atoms with Crippen LogP contribution in [0.15, 0.2) is 0 Å². The molecule has 0 aromatic heterocycles. The first kappa shape index (κ1) is 18.4. The van der Waals surface area contributed by atoms with Gasteiger partial charge in [0.2, 0.25) is 5.91 Å². The van der Waals surface area contributed by atoms with E-state index in [0.717, 1.165) is 0 Å². The Labute approximate surface area is 131 Å². The van der Waals surface area contributed by atoms with Gasteiger partial charge in [0.05, 0.1) is 18.7 Å². The normalized spacial score (nSPS) is 22.1. The Bertz CT molecular complexity index is 430. The number of nitrogens with two attached hydrogens (primary N) is 1. The highest BCUT2D eigenvalue weighted by atomic mass is 16.6. The minimum Gasteiger partial charge on any atom is -0.466 e. The monoisotopic (exact) mass is 314 g/mol. The van der Waals surface area contributed by atoms with E-state index in [0.29, 0.717) is 19.4 Å². The Morgan fingerprint density at radius 1 is 1.27 bits per heavy atom. The van der Waals surface area contributed by atoms with E-state index < -0.39 is 35.5 Å². The molecule has 0 radical (unpaired) electrons. The fourth-order valence-corrected chi connectivity index (χ4v) is 2.38. The van der Waals surface area contributed by atoms with E-state index in [4.69, 9.17) is 15.2 Å². The Hall–Kier alpha value is -1.63. The maximum atomic E-state index is 12.2. The summed E-state index contributed by atoms with van der Waals surface area (Å²) in [6.07, 6.45) is 0.0825. The average molecular weight is 314 g/mol. The molecular weight excluding hydrogens is 288 g/mol. The summed E-state index contributed by atoms with van der Waals surface area (Å²) < 4.78 is 10.1. The lowest BCUT2D eigenvalue weighted by Gasteiger charge is -2.38. The molecule has 0 bridgehead atoms. The molecular formula is C15H26N2O5. The standard InChI is InChI=1S/C15H26N2O5/c1-5-21-12(19)9-11(18)17-8-6-7-10(13(17)16)14(20)22-15(2,3)4/h10,13H,5-9,16H2,1-4H3/t10?,13-/m1/s1. The molecule has 0 aliphatic carbocycles. The fraction of sp³-hybridized carbons (Fsp3) is 0.800. The minimum absolute atomic E-state index is 0.221. The summed E-state index contributed by atoms with van der Waals surface area (Å²) in [5.41, 5.74) is 5.44. The number of likely N-dealkylation sites (tertiary alicyclic amines) is 1. The number of hydrogen-bond acceptors (Lipinski definition) is 6. The number of nitrogens with zero attached hydrogens (tertiary/aromatic N) is 1. The molecule has 126 valence electrons. The third-order valence-corrected chi connectivity index (χ3v) is 3.32. The molecule has 1 amide bonds. The van der Waals surface area contributed by atoms with E-state index in [-0.39, 0.29) is 13.0 Å². The third kappa shape index (κ3) is 5.29. The molecule has 1 heterocycles. The van der Waals surface area contributed by atoms with Crippen LogP contribution in [0.3, 0.4) is 0 Å². The van der Waals surface area contributed by atoms with E-state index in [1.807, 2.05) is 0 Å². The first-order valence-electron chi connectivity index (χ1n) is 7.59. The molecule has 1 fully saturated rings. The van der Waals surface area contributed by atoms with Crippen molar-refractivity contribution in [3.63, 3.8) is 0 Å². The van der Waals surface area contributed by atoms with Crippen LogP contribution in [0.2, 0.25) is 0 Å². The van der Waals surface area contributed by atoms with Crippen molar-refractivity contribution in [2.24, 2.45) is 11.7 Å². The lowest BCUT2D eigenvalue weighted by atomic mass is 9.94. The number of rotatable bonds is 4. The molecule has 0 aromatic rings. The van der Waals surface area contributed by atoms with E-state index in [1.165, 1.54) is 4.90 Å². The predicted octanol–water partition coefficient (Wildman–Crippen LogP) is 0.805. The second kappa shape index (κ2) is 7.58. The van der Waals surface area contributed by atoms with Crippen LogP contribution in [0.4, 0.5) is 0 Å². The van der Waals surface area contributed by atoms with Crippen molar-refractivity contribution in [2.45, 2.75) is 58.7 Å². The van der Waals surface area contributed by atoms with Gasteiger partial charge >= 0.3 is 11.9 Å². The van der Waals surface area contributed by atoms with Gasteiger partial charge in [-0.25, -0.2) is 0 Å². The molecule has 0 spiro atoms. The summed E-state index contributed by atoms with van der Waals surface area (Å²) in [7, 11) is 0. The summed E-state index contributed by atoms with van der Waals surface area (Å²) in [5, 5.41) is 0. The summed E-state index contributed by atoms with van der Waals surface area (Å²) in [5.74, 6) is -1.98. The highest BCUT2D eigenvalue weighted by molar-refractivity contribution is 5.94. The van der Waals surface area contributed by atoms with E-state index in [9.17, 15) is 14.4 Å². The Kier molecular flexibility index (Phi) is 6.34. The van der Waals surface area contributed by atoms with Gasteiger partial charge in [0.15, 0.2) is 0 Å². The quantitative estimate of drug-likeness (QED) is 0.609. The Morgan fingerprint density at radius 2 is 1.91 bits per heavy atom. The summed E-state index contributed by atoms with van der Waals surface area (Å²) in [6.45, 7) is 7.67. The maximum Gasteiger partial charge on any atom is 0.315 e. The summed E-state index contributed by atoms with van der Waals surface area (Å²) in [6, 6.07) is 0. The van der Waals surface area contributed by atoms with Crippen molar-refractivity contribution in [3.05, 3.63) is 0 Å². The lowest BCUT2D eigenvalue weighted by Crippen LogP contribution is -2.56. The van der Waals surface area contributed by atoms with Crippen LogP contribution in [-0.2, 0) is 23.9 Å². The number of ether oxygens (including phenoxy) is 2. The van der Waals surface area contributed by atoms with Crippen LogP contribution in [0.25, 0.3) is 0 Å². The molecule has 22 heavy (non-hydrogen) atoms. The highest BCUT2D eigenvalue weighted by Crippen LogP contribution is 2.24. The molecule has 2 atom stereocenters. The Balaban J connectivity index is 2.69. The van der Waals surface area contributed by atoms with Crippen molar-refractivity contribution >= 4 is 17.8 Å². The number of hydrogen-bond donors (Lipinski definition) is 1. The average Bonchev–Trinajstić information content (AvgIpc) is 2.36. The van der Waals surface area contributed by atoms with Crippen LogP contribution < -0.4 is 5.73 Å². The van der Waals surface area contributed by atoms with Crippen LogP contribution in [0.1, 0.15) is 47.0 Å². The largest absolute Gasteiger partial charge is 0.466 e. The maximum absolute atomic E-state index is 12.2. The van der Waals surface area contributed by atoms with Gasteiger partial charge in [-0.1, -0.05) is 0 Å².